The summed E-state index contributed by atoms with van der Waals surface area (Å²) < 4.78 is 10.2. The topological polar surface area (TPSA) is 70.5 Å². The second kappa shape index (κ2) is 2.98. The standard InChI is InChI=1S/C7H8N2O2.ClH/c8-4-1-2-5-7(6(4)9)11-3-10-5;/h1-2H,3,8-9H2;1H. The monoisotopic (exact) mass is 188 g/mol. The van der Waals surface area contributed by atoms with Gasteiger partial charge in [0.1, 0.15) is 5.69 Å². The fourth-order valence-corrected chi connectivity index (χ4v) is 1.01. The number of nitrogens with two attached hydrogens (primary N) is 2. The third kappa shape index (κ3) is 1.10. The zero-order chi connectivity index (χ0) is 7.84. The summed E-state index contributed by atoms with van der Waals surface area (Å²) >= 11 is 0. The summed E-state index contributed by atoms with van der Waals surface area (Å²) in [7, 11) is 0. The van der Waals surface area contributed by atoms with Crippen molar-refractivity contribution in [1.82, 2.24) is 0 Å². The average Bonchev–Trinajstić information content (AvgIpc) is 2.45. The minimum Gasteiger partial charge on any atom is -0.454 e. The number of fused-ring (bicyclic) bond motifs is 1. The molecule has 1 aliphatic rings. The molecule has 1 heterocycles. The van der Waals surface area contributed by atoms with E-state index in [4.69, 9.17) is 20.9 Å². The summed E-state index contributed by atoms with van der Waals surface area (Å²) in [4.78, 5) is 0. The summed E-state index contributed by atoms with van der Waals surface area (Å²) in [6, 6.07) is 3.44. The highest BCUT2D eigenvalue weighted by Gasteiger charge is 2.17. The molecule has 5 heteroatoms. The molecule has 12 heavy (non-hydrogen) atoms. The van der Waals surface area contributed by atoms with Crippen LogP contribution >= 0.6 is 12.4 Å². The Hall–Kier alpha value is -1.29. The smallest absolute Gasteiger partial charge is 0.231 e. The zero-order valence-electron chi connectivity index (χ0n) is 6.24. The van der Waals surface area contributed by atoms with E-state index in [1.165, 1.54) is 0 Å². The third-order valence-electron chi connectivity index (χ3n) is 1.61. The van der Waals surface area contributed by atoms with Crippen LogP contribution in [-0.2, 0) is 0 Å². The van der Waals surface area contributed by atoms with Crippen LogP contribution in [0.4, 0.5) is 11.4 Å². The first-order chi connectivity index (χ1) is 5.29. The van der Waals surface area contributed by atoms with E-state index >= 15 is 0 Å². The van der Waals surface area contributed by atoms with Crippen molar-refractivity contribution >= 4 is 23.8 Å². The summed E-state index contributed by atoms with van der Waals surface area (Å²) in [6.45, 7) is 0.225. The Kier molecular flexibility index (Phi) is 2.19. The molecule has 0 aliphatic carbocycles. The normalized spacial score (nSPS) is 12.3. The van der Waals surface area contributed by atoms with Gasteiger partial charge in [-0.2, -0.15) is 0 Å². The lowest BCUT2D eigenvalue weighted by Gasteiger charge is -2.02. The third-order valence-corrected chi connectivity index (χ3v) is 1.61. The van der Waals surface area contributed by atoms with Crippen molar-refractivity contribution in [1.29, 1.82) is 0 Å². The van der Waals surface area contributed by atoms with Crippen LogP contribution in [0.2, 0.25) is 0 Å². The van der Waals surface area contributed by atoms with E-state index in [9.17, 15) is 0 Å². The Morgan fingerprint density at radius 2 is 1.92 bits per heavy atom. The Morgan fingerprint density at radius 3 is 2.67 bits per heavy atom. The molecule has 0 aromatic heterocycles. The number of rotatable bonds is 0. The van der Waals surface area contributed by atoms with E-state index in [1.54, 1.807) is 12.1 Å². The van der Waals surface area contributed by atoms with E-state index in [0.29, 0.717) is 22.9 Å². The van der Waals surface area contributed by atoms with Crippen LogP contribution in [0.1, 0.15) is 0 Å². The summed E-state index contributed by atoms with van der Waals surface area (Å²) in [6.07, 6.45) is 0. The lowest BCUT2D eigenvalue weighted by atomic mass is 10.2. The molecule has 4 nitrogen and oxygen atoms in total. The molecule has 1 aromatic rings. The van der Waals surface area contributed by atoms with Crippen molar-refractivity contribution in [2.24, 2.45) is 0 Å². The molecule has 0 saturated heterocycles. The minimum atomic E-state index is 0. The molecule has 1 aromatic carbocycles. The molecule has 0 unspecified atom stereocenters. The Morgan fingerprint density at radius 1 is 1.17 bits per heavy atom. The first kappa shape index (κ1) is 8.80. The van der Waals surface area contributed by atoms with Gasteiger partial charge in [0.2, 0.25) is 6.79 Å². The van der Waals surface area contributed by atoms with Crippen LogP contribution in [0.5, 0.6) is 11.5 Å². The van der Waals surface area contributed by atoms with Crippen LogP contribution < -0.4 is 20.9 Å². The lowest BCUT2D eigenvalue weighted by molar-refractivity contribution is 0.174. The van der Waals surface area contributed by atoms with Gasteiger partial charge in [-0.3, -0.25) is 0 Å². The van der Waals surface area contributed by atoms with Crippen molar-refractivity contribution < 1.29 is 9.47 Å². The fraction of sp³-hybridized carbons (Fsp3) is 0.143. The second-order valence-corrected chi connectivity index (χ2v) is 2.30. The highest BCUT2D eigenvalue weighted by Crippen LogP contribution is 2.40. The quantitative estimate of drug-likeness (QED) is 0.596. The largest absolute Gasteiger partial charge is 0.454 e. The van der Waals surface area contributed by atoms with Gasteiger partial charge < -0.3 is 20.9 Å². The highest BCUT2D eigenvalue weighted by molar-refractivity contribution is 5.85. The minimum absolute atomic E-state index is 0. The van der Waals surface area contributed by atoms with E-state index in [2.05, 4.69) is 0 Å². The summed E-state index contributed by atoms with van der Waals surface area (Å²) in [5, 5.41) is 0. The molecule has 0 atom stereocenters. The average molecular weight is 189 g/mol. The van der Waals surface area contributed by atoms with E-state index < -0.39 is 0 Å². The van der Waals surface area contributed by atoms with Gasteiger partial charge in [-0.25, -0.2) is 0 Å². The molecule has 0 amide bonds. The molecule has 0 radical (unpaired) electrons. The Bertz CT molecular complexity index is 304. The van der Waals surface area contributed by atoms with Crippen molar-refractivity contribution in [3.05, 3.63) is 12.1 Å². The number of hydrogen-bond donors (Lipinski definition) is 2. The van der Waals surface area contributed by atoms with Crippen LogP contribution in [-0.4, -0.2) is 6.79 Å². The first-order valence-electron chi connectivity index (χ1n) is 3.22. The van der Waals surface area contributed by atoms with Gasteiger partial charge in [0.25, 0.3) is 0 Å². The highest BCUT2D eigenvalue weighted by atomic mass is 35.5. The number of benzene rings is 1. The van der Waals surface area contributed by atoms with Crippen LogP contribution in [0.15, 0.2) is 12.1 Å². The molecule has 4 N–H and O–H groups in total. The Labute approximate surface area is 75.9 Å². The Balaban J connectivity index is 0.000000720. The van der Waals surface area contributed by atoms with Gasteiger partial charge in [0.15, 0.2) is 11.5 Å². The molecule has 1 aliphatic heterocycles. The number of halogens is 1. The number of hydrogen-bond acceptors (Lipinski definition) is 4. The summed E-state index contributed by atoms with van der Waals surface area (Å²) in [5.74, 6) is 1.22. The van der Waals surface area contributed by atoms with Gasteiger partial charge in [-0.1, -0.05) is 0 Å². The van der Waals surface area contributed by atoms with Gasteiger partial charge in [-0.05, 0) is 12.1 Å². The molecule has 0 fully saturated rings. The molecule has 0 saturated carbocycles. The van der Waals surface area contributed by atoms with E-state index in [1.807, 2.05) is 0 Å². The maximum Gasteiger partial charge on any atom is 0.231 e. The van der Waals surface area contributed by atoms with Crippen molar-refractivity contribution in [3.63, 3.8) is 0 Å². The van der Waals surface area contributed by atoms with Crippen LogP contribution in [0, 0.1) is 0 Å². The van der Waals surface area contributed by atoms with Crippen LogP contribution in [0.3, 0.4) is 0 Å². The molecule has 0 bridgehead atoms. The zero-order valence-corrected chi connectivity index (χ0v) is 7.06. The number of ether oxygens (including phenoxy) is 2. The van der Waals surface area contributed by atoms with Gasteiger partial charge in [0.05, 0.1) is 5.69 Å². The second-order valence-electron chi connectivity index (χ2n) is 2.30. The number of anilines is 2. The molecular weight excluding hydrogens is 180 g/mol. The van der Waals surface area contributed by atoms with Gasteiger partial charge in [-0.15, -0.1) is 12.4 Å². The van der Waals surface area contributed by atoms with Gasteiger partial charge >= 0.3 is 0 Å². The molecule has 66 valence electrons. The molecular formula is C7H9ClN2O2. The van der Waals surface area contributed by atoms with Crippen molar-refractivity contribution in [2.75, 3.05) is 18.3 Å². The predicted octanol–water partition coefficient (Wildman–Crippen LogP) is 1.00. The fourth-order valence-electron chi connectivity index (χ4n) is 1.01. The number of nitrogen functional groups attached to an aromatic ring is 2. The molecule has 2 rings (SSSR count). The van der Waals surface area contributed by atoms with E-state index in [0.717, 1.165) is 0 Å². The van der Waals surface area contributed by atoms with Crippen molar-refractivity contribution in [2.45, 2.75) is 0 Å². The molecule has 0 spiro atoms. The van der Waals surface area contributed by atoms with E-state index in [-0.39, 0.29) is 19.2 Å². The maximum absolute atomic E-state index is 5.60. The van der Waals surface area contributed by atoms with Gasteiger partial charge in [0, 0.05) is 0 Å². The maximum atomic E-state index is 5.60. The van der Waals surface area contributed by atoms with Crippen molar-refractivity contribution in [3.8, 4) is 11.5 Å². The SMILES string of the molecule is Cl.Nc1ccc2c(c1N)OCO2. The first-order valence-corrected chi connectivity index (χ1v) is 3.22. The predicted molar refractivity (Wildman–Crippen MR) is 48.6 cm³/mol. The lowest BCUT2D eigenvalue weighted by Crippen LogP contribution is -1.96. The summed E-state index contributed by atoms with van der Waals surface area (Å²) in [5.41, 5.74) is 12.1. The van der Waals surface area contributed by atoms with Crippen LogP contribution in [0.25, 0.3) is 0 Å².